The molecular formula is C14H13NO5. The van der Waals surface area contributed by atoms with Gasteiger partial charge in [-0.05, 0) is 17.7 Å². The number of oxazole rings is 1. The molecular weight excluding hydrogens is 262 g/mol. The number of aromatic nitrogens is 1. The Labute approximate surface area is 115 Å². The summed E-state index contributed by atoms with van der Waals surface area (Å²) < 4.78 is 14.8. The molecule has 0 spiro atoms. The second-order valence-corrected chi connectivity index (χ2v) is 3.84. The van der Waals surface area contributed by atoms with Gasteiger partial charge in [-0.15, -0.1) is 0 Å². The minimum Gasteiger partial charge on any atom is -0.507 e. The SMILES string of the molecule is COC(=O)c1c(O)cc(OC)cc1/C=C/c1cnco1. The van der Waals surface area contributed by atoms with Crippen molar-refractivity contribution in [2.75, 3.05) is 14.2 Å². The standard InChI is InChI=1S/C14H13NO5/c1-18-11-5-9(3-4-10-7-15-8-20-10)13(12(16)6-11)14(17)19-2/h3-8,16H,1-2H3/b4-3+. The van der Waals surface area contributed by atoms with Gasteiger partial charge in [-0.1, -0.05) is 6.08 Å². The van der Waals surface area contributed by atoms with Gasteiger partial charge in [-0.2, -0.15) is 0 Å². The van der Waals surface area contributed by atoms with Crippen LogP contribution in [0.3, 0.4) is 0 Å². The Balaban J connectivity index is 2.48. The Morgan fingerprint density at radius 2 is 2.15 bits per heavy atom. The molecule has 1 heterocycles. The number of aromatic hydroxyl groups is 1. The minimum absolute atomic E-state index is 0.0593. The molecule has 1 aromatic heterocycles. The highest BCUT2D eigenvalue weighted by molar-refractivity contribution is 5.97. The third-order valence-electron chi connectivity index (χ3n) is 2.63. The normalized spacial score (nSPS) is 10.7. The summed E-state index contributed by atoms with van der Waals surface area (Å²) in [6, 6.07) is 2.96. The van der Waals surface area contributed by atoms with Crippen molar-refractivity contribution in [2.45, 2.75) is 0 Å². The van der Waals surface area contributed by atoms with Gasteiger partial charge in [0.25, 0.3) is 0 Å². The molecule has 0 atom stereocenters. The second kappa shape index (κ2) is 5.92. The lowest BCUT2D eigenvalue weighted by Gasteiger charge is -2.09. The summed E-state index contributed by atoms with van der Waals surface area (Å²) in [4.78, 5) is 15.5. The van der Waals surface area contributed by atoms with Gasteiger partial charge in [0.1, 0.15) is 22.8 Å². The van der Waals surface area contributed by atoms with Crippen molar-refractivity contribution in [3.63, 3.8) is 0 Å². The number of phenolic OH excluding ortho intramolecular Hbond substituents is 1. The van der Waals surface area contributed by atoms with E-state index in [2.05, 4.69) is 9.72 Å². The summed E-state index contributed by atoms with van der Waals surface area (Å²) in [5.74, 6) is 0.0892. The van der Waals surface area contributed by atoms with E-state index in [0.29, 0.717) is 17.1 Å². The van der Waals surface area contributed by atoms with Crippen LogP contribution in [0.4, 0.5) is 0 Å². The summed E-state index contributed by atoms with van der Waals surface area (Å²) in [6.07, 6.45) is 6.04. The van der Waals surface area contributed by atoms with Crippen molar-refractivity contribution in [3.05, 3.63) is 41.6 Å². The molecule has 0 aliphatic heterocycles. The van der Waals surface area contributed by atoms with Crippen molar-refractivity contribution in [1.82, 2.24) is 4.98 Å². The smallest absolute Gasteiger partial charge is 0.342 e. The molecule has 0 fully saturated rings. The molecule has 2 rings (SSSR count). The third-order valence-corrected chi connectivity index (χ3v) is 2.63. The number of carbonyl (C=O) groups excluding carboxylic acids is 1. The van der Waals surface area contributed by atoms with E-state index in [1.165, 1.54) is 32.9 Å². The first-order valence-electron chi connectivity index (χ1n) is 5.71. The maximum Gasteiger partial charge on any atom is 0.342 e. The topological polar surface area (TPSA) is 81.8 Å². The van der Waals surface area contributed by atoms with Crippen LogP contribution in [-0.4, -0.2) is 30.3 Å². The first-order chi connectivity index (χ1) is 9.65. The van der Waals surface area contributed by atoms with Crippen molar-refractivity contribution >= 4 is 18.1 Å². The molecule has 6 nitrogen and oxygen atoms in total. The number of benzene rings is 1. The van der Waals surface area contributed by atoms with Gasteiger partial charge in [0.15, 0.2) is 6.39 Å². The molecule has 1 aromatic carbocycles. The summed E-state index contributed by atoms with van der Waals surface area (Å²) in [5.41, 5.74) is 0.508. The lowest BCUT2D eigenvalue weighted by Crippen LogP contribution is -2.04. The van der Waals surface area contributed by atoms with Crippen LogP contribution >= 0.6 is 0 Å². The number of hydrogen-bond acceptors (Lipinski definition) is 6. The van der Waals surface area contributed by atoms with Gasteiger partial charge < -0.3 is 19.0 Å². The molecule has 0 aliphatic rings. The highest BCUT2D eigenvalue weighted by atomic mass is 16.5. The monoisotopic (exact) mass is 275 g/mol. The Kier molecular flexibility index (Phi) is 4.05. The maximum absolute atomic E-state index is 11.7. The van der Waals surface area contributed by atoms with Gasteiger partial charge in [0, 0.05) is 6.07 Å². The fourth-order valence-electron chi connectivity index (χ4n) is 1.68. The predicted molar refractivity (Wildman–Crippen MR) is 71.4 cm³/mol. The number of hydrogen-bond donors (Lipinski definition) is 1. The van der Waals surface area contributed by atoms with E-state index in [1.54, 1.807) is 18.2 Å². The average molecular weight is 275 g/mol. The van der Waals surface area contributed by atoms with Crippen LogP contribution < -0.4 is 4.74 Å². The predicted octanol–water partition coefficient (Wildman–Crippen LogP) is 2.35. The molecule has 0 bridgehead atoms. The van der Waals surface area contributed by atoms with Crippen molar-refractivity contribution in [1.29, 1.82) is 0 Å². The number of ether oxygens (including phenoxy) is 2. The van der Waals surface area contributed by atoms with E-state index >= 15 is 0 Å². The van der Waals surface area contributed by atoms with Gasteiger partial charge in [0.2, 0.25) is 0 Å². The van der Waals surface area contributed by atoms with E-state index in [-0.39, 0.29) is 11.3 Å². The van der Waals surface area contributed by atoms with Crippen LogP contribution in [0.5, 0.6) is 11.5 Å². The van der Waals surface area contributed by atoms with Gasteiger partial charge in [-0.3, -0.25) is 0 Å². The maximum atomic E-state index is 11.7. The van der Waals surface area contributed by atoms with Crippen molar-refractivity contribution < 1.29 is 23.8 Å². The molecule has 0 aliphatic carbocycles. The van der Waals surface area contributed by atoms with Gasteiger partial charge in [0.05, 0.1) is 20.4 Å². The summed E-state index contributed by atoms with van der Waals surface area (Å²) >= 11 is 0. The highest BCUT2D eigenvalue weighted by Gasteiger charge is 2.17. The minimum atomic E-state index is -0.637. The molecule has 20 heavy (non-hydrogen) atoms. The Morgan fingerprint density at radius 1 is 1.35 bits per heavy atom. The Bertz CT molecular complexity index is 631. The number of nitrogens with zero attached hydrogens (tertiary/aromatic N) is 1. The molecule has 0 radical (unpaired) electrons. The van der Waals surface area contributed by atoms with Crippen LogP contribution in [-0.2, 0) is 4.74 Å². The Morgan fingerprint density at radius 3 is 2.75 bits per heavy atom. The number of esters is 1. The zero-order valence-electron chi connectivity index (χ0n) is 11.0. The van der Waals surface area contributed by atoms with E-state index in [0.717, 1.165) is 0 Å². The van der Waals surface area contributed by atoms with E-state index in [4.69, 9.17) is 9.15 Å². The fourth-order valence-corrected chi connectivity index (χ4v) is 1.68. The van der Waals surface area contributed by atoms with Crippen LogP contribution in [0.1, 0.15) is 21.7 Å². The lowest BCUT2D eigenvalue weighted by atomic mass is 10.0. The van der Waals surface area contributed by atoms with E-state index in [9.17, 15) is 9.90 Å². The number of rotatable bonds is 4. The van der Waals surface area contributed by atoms with Crippen LogP contribution in [0.25, 0.3) is 12.2 Å². The first kappa shape index (κ1) is 13.7. The quantitative estimate of drug-likeness (QED) is 0.862. The largest absolute Gasteiger partial charge is 0.507 e. The van der Waals surface area contributed by atoms with E-state index in [1.807, 2.05) is 0 Å². The summed E-state index contributed by atoms with van der Waals surface area (Å²) in [6.45, 7) is 0. The Hall–Kier alpha value is -2.76. The molecule has 2 aromatic rings. The molecule has 0 saturated heterocycles. The molecule has 104 valence electrons. The van der Waals surface area contributed by atoms with Crippen LogP contribution in [0.2, 0.25) is 0 Å². The highest BCUT2D eigenvalue weighted by Crippen LogP contribution is 2.29. The van der Waals surface area contributed by atoms with Crippen LogP contribution in [0.15, 0.2) is 29.1 Å². The molecule has 1 N–H and O–H groups in total. The van der Waals surface area contributed by atoms with Gasteiger partial charge >= 0.3 is 5.97 Å². The number of carbonyl (C=O) groups is 1. The zero-order chi connectivity index (χ0) is 14.5. The average Bonchev–Trinajstić information content (AvgIpc) is 2.97. The summed E-state index contributed by atoms with van der Waals surface area (Å²) in [5, 5.41) is 9.91. The fraction of sp³-hybridized carbons (Fsp3) is 0.143. The molecule has 0 amide bonds. The molecule has 6 heteroatoms. The van der Waals surface area contributed by atoms with E-state index < -0.39 is 5.97 Å². The first-order valence-corrected chi connectivity index (χ1v) is 5.71. The number of methoxy groups -OCH3 is 2. The molecule has 0 saturated carbocycles. The van der Waals surface area contributed by atoms with Crippen LogP contribution in [0, 0.1) is 0 Å². The van der Waals surface area contributed by atoms with Crippen molar-refractivity contribution in [3.8, 4) is 11.5 Å². The third kappa shape index (κ3) is 2.80. The lowest BCUT2D eigenvalue weighted by molar-refractivity contribution is 0.0597. The molecule has 0 unspecified atom stereocenters. The number of phenols is 1. The van der Waals surface area contributed by atoms with Crippen molar-refractivity contribution in [2.24, 2.45) is 0 Å². The van der Waals surface area contributed by atoms with Gasteiger partial charge in [-0.25, -0.2) is 9.78 Å². The second-order valence-electron chi connectivity index (χ2n) is 3.84. The summed E-state index contributed by atoms with van der Waals surface area (Å²) in [7, 11) is 2.71. The zero-order valence-corrected chi connectivity index (χ0v) is 11.0.